The van der Waals surface area contributed by atoms with Crippen LogP contribution in [0, 0.1) is 178 Å². The van der Waals surface area contributed by atoms with Crippen molar-refractivity contribution >= 4 is 17.0 Å². The van der Waals surface area contributed by atoms with E-state index in [1.54, 1.807) is 128 Å². The standard InChI is InChI=1S/C39H72O.C34H60O.C31H56O.2C3H8.2CH3.2ClH.Zr/c1-36(2,3)28-19-21-31-32-22-20-29(37(4,5)6)26-34(32)35(33(31)25-28)39(10,11)30-18-17-27(24-30)16-14-12-13-15-23-40-38(7,8)9;1-33(2,3)35-24-14-5-4-7-15-26-20-21-27(25-26)34(22-12-6-13-23-34)32-30-18-10-8-16-28(30)29-17-9-11-19-31(29)32;1-30(2,3)32-21-13-7-6-8-14-23-19-20-24(22-23)31(4,5)29-27-17-11-9-15-25(27)26-16-10-12-18-28(26)29;2*1-3-2;;;;;/h27-35H,12-26H2,1-11H3;26-32H,4-25H2,1-3H3;23-29H,6-22H2,1-5H3;2*3H2,1-2H3;2*1H3;2*1H;/q;;;;;2*-1;;;+4/p-2. The maximum atomic E-state index is 5.94. The van der Waals surface area contributed by atoms with Crippen molar-refractivity contribution in [3.05, 3.63) is 14.9 Å². The van der Waals surface area contributed by atoms with Crippen molar-refractivity contribution < 1.29 is 35.1 Å². The third kappa shape index (κ3) is 31.3. The molecular formula is C112H210Cl2O3Zr. The molecule has 20 atom stereocenters. The molecule has 6 heteroatoms. The third-order valence-electron chi connectivity index (χ3n) is 36.1. The van der Waals surface area contributed by atoms with Crippen LogP contribution in [0.1, 0.15) is 500 Å². The number of rotatable bonds is 27. The summed E-state index contributed by atoms with van der Waals surface area (Å²) in [5.41, 5.74) is 2.85. The molecule has 13 rings (SSSR count). The topological polar surface area (TPSA) is 27.7 Å². The average Bonchev–Trinajstić information content (AvgIpc) is 1.58. The van der Waals surface area contributed by atoms with E-state index >= 15 is 0 Å². The van der Waals surface area contributed by atoms with E-state index in [9.17, 15) is 0 Å². The maximum absolute atomic E-state index is 5.94. The Kier molecular flexibility index (Phi) is 46.9. The first-order valence-electron chi connectivity index (χ1n) is 52.9. The molecule has 0 N–H and O–H groups in total. The minimum atomic E-state index is -0.826. The number of hydrogen-bond acceptors (Lipinski definition) is 3. The van der Waals surface area contributed by atoms with Crippen LogP contribution in [0.5, 0.6) is 0 Å². The Morgan fingerprint density at radius 3 is 0.881 bits per heavy atom. The Morgan fingerprint density at radius 2 is 0.551 bits per heavy atom. The SMILES string of the molecule is CC(C)(C)OCCCCCCC1CCC(C(C)(C)C2C3CC(C(C)(C)C)CCC3C3CCC(C(C)(C)C)CC32)C1.CC(C)(C)OCCCCCCC1CCC(C(C)(C)C2C3CCCCC3C3CCCCC32)C1.CC(C)(C)OCCCCCCC1CCC(C2(C3C4CCCCC4C4CCCCC43)CCCCC2)C1.CCC.CCC.[CH3-].[CH3-].[Cl][Zr+2][Cl]. The Morgan fingerprint density at radius 1 is 0.280 bits per heavy atom. The van der Waals surface area contributed by atoms with Crippen LogP contribution in [0.4, 0.5) is 0 Å². The van der Waals surface area contributed by atoms with E-state index in [-0.39, 0.29) is 31.7 Å². The molecule has 118 heavy (non-hydrogen) atoms. The van der Waals surface area contributed by atoms with Crippen molar-refractivity contribution in [3.63, 3.8) is 0 Å². The summed E-state index contributed by atoms with van der Waals surface area (Å²) in [6.07, 6.45) is 79.4. The summed E-state index contributed by atoms with van der Waals surface area (Å²) in [6.45, 7) is 57.1. The molecule has 13 aliphatic rings. The molecule has 0 aromatic heterocycles. The summed E-state index contributed by atoms with van der Waals surface area (Å²) in [6, 6.07) is 0. The van der Waals surface area contributed by atoms with Gasteiger partial charge >= 0.3 is 37.9 Å². The van der Waals surface area contributed by atoms with Crippen LogP contribution in [0.2, 0.25) is 0 Å². The quantitative estimate of drug-likeness (QED) is 0.0606. The first-order valence-corrected chi connectivity index (χ1v) is 59.2. The number of unbranched alkanes of at least 4 members (excludes halogenated alkanes) is 9. The number of hydrogen-bond donors (Lipinski definition) is 0. The Labute approximate surface area is 760 Å². The minimum absolute atomic E-state index is 0. The van der Waals surface area contributed by atoms with Gasteiger partial charge in [-0.25, -0.2) is 0 Å². The van der Waals surface area contributed by atoms with Gasteiger partial charge in [-0.3, -0.25) is 0 Å². The fraction of sp³-hybridized carbons (Fsp3) is 0.982. The molecule has 0 radical (unpaired) electrons. The first kappa shape index (κ1) is 108. The van der Waals surface area contributed by atoms with Crippen LogP contribution in [0.15, 0.2) is 0 Å². The van der Waals surface area contributed by atoms with Crippen molar-refractivity contribution in [1.29, 1.82) is 0 Å². The van der Waals surface area contributed by atoms with Crippen molar-refractivity contribution in [2.75, 3.05) is 19.8 Å². The van der Waals surface area contributed by atoms with Gasteiger partial charge in [0, 0.05) is 19.8 Å². The molecule has 0 spiro atoms. The van der Waals surface area contributed by atoms with Gasteiger partial charge in [0.15, 0.2) is 0 Å². The first-order chi connectivity index (χ1) is 55.0. The molecule has 13 aliphatic carbocycles. The normalized spacial score (nSPS) is 35.0. The van der Waals surface area contributed by atoms with E-state index in [1.807, 2.05) is 0 Å². The molecule has 0 bridgehead atoms. The third-order valence-corrected chi connectivity index (χ3v) is 36.1. The van der Waals surface area contributed by atoms with Gasteiger partial charge in [-0.1, -0.05) is 277 Å². The predicted octanol–water partition coefficient (Wildman–Crippen LogP) is 36.9. The van der Waals surface area contributed by atoms with Crippen molar-refractivity contribution in [1.82, 2.24) is 0 Å². The monoisotopic (exact) mass is 1760 g/mol. The summed E-state index contributed by atoms with van der Waals surface area (Å²) in [7, 11) is 9.87. The van der Waals surface area contributed by atoms with E-state index < -0.39 is 20.8 Å². The molecule has 0 aromatic carbocycles. The van der Waals surface area contributed by atoms with E-state index in [2.05, 4.69) is 159 Å². The van der Waals surface area contributed by atoms with E-state index in [0.717, 1.165) is 161 Å². The number of fused-ring (bicyclic) bond motifs is 9. The zero-order chi connectivity index (χ0) is 84.7. The zero-order valence-corrected chi connectivity index (χ0v) is 88.3. The van der Waals surface area contributed by atoms with Crippen LogP contribution in [-0.2, 0) is 35.1 Å². The second-order valence-corrected chi connectivity index (χ2v) is 53.7. The fourth-order valence-corrected chi connectivity index (χ4v) is 31.0. The molecule has 13 saturated carbocycles. The number of ether oxygens (including phenoxy) is 3. The van der Waals surface area contributed by atoms with Gasteiger partial charge in [0.2, 0.25) is 0 Å². The molecule has 0 aromatic rings. The summed E-state index contributed by atoms with van der Waals surface area (Å²) in [5.74, 6) is 24.1. The van der Waals surface area contributed by atoms with Crippen molar-refractivity contribution in [2.24, 2.45) is 163 Å². The average molecular weight is 1770 g/mol. The van der Waals surface area contributed by atoms with Gasteiger partial charge in [-0.15, -0.1) is 0 Å². The Bertz CT molecular complexity index is 2540. The second-order valence-electron chi connectivity index (χ2n) is 50.0. The summed E-state index contributed by atoms with van der Waals surface area (Å²) >= 11 is -0.826. The summed E-state index contributed by atoms with van der Waals surface area (Å²) in [4.78, 5) is 0. The molecular weight excluding hydrogens is 1560 g/mol. The number of halogens is 2. The van der Waals surface area contributed by atoms with Crippen molar-refractivity contribution in [3.8, 4) is 0 Å². The van der Waals surface area contributed by atoms with Crippen LogP contribution >= 0.6 is 17.0 Å². The molecule has 13 fully saturated rings. The molecule has 694 valence electrons. The molecule has 0 amide bonds. The Hall–Kier alpha value is 1.34. The molecule has 0 aliphatic heterocycles. The molecule has 3 nitrogen and oxygen atoms in total. The summed E-state index contributed by atoms with van der Waals surface area (Å²) in [5, 5.41) is 0. The van der Waals surface area contributed by atoms with Crippen molar-refractivity contribution in [2.45, 2.75) is 516 Å². The van der Waals surface area contributed by atoms with Crippen LogP contribution in [0.3, 0.4) is 0 Å². The van der Waals surface area contributed by atoms with Gasteiger partial charge in [0.25, 0.3) is 0 Å². The van der Waals surface area contributed by atoms with Crippen LogP contribution in [0.25, 0.3) is 0 Å². The van der Waals surface area contributed by atoms with Crippen LogP contribution < -0.4 is 0 Å². The second kappa shape index (κ2) is 51.2. The van der Waals surface area contributed by atoms with E-state index in [4.69, 9.17) is 31.2 Å². The van der Waals surface area contributed by atoms with Gasteiger partial charge in [0.05, 0.1) is 16.8 Å². The van der Waals surface area contributed by atoms with Gasteiger partial charge < -0.3 is 29.1 Å². The molecule has 0 heterocycles. The Balaban J connectivity index is 0.000000260. The van der Waals surface area contributed by atoms with Gasteiger partial charge in [0.1, 0.15) is 0 Å². The summed E-state index contributed by atoms with van der Waals surface area (Å²) < 4.78 is 17.7. The zero-order valence-electron chi connectivity index (χ0n) is 84.4. The molecule has 0 saturated heterocycles. The predicted molar refractivity (Wildman–Crippen MR) is 518 cm³/mol. The van der Waals surface area contributed by atoms with Gasteiger partial charge in [-0.05, 0) is 386 Å². The fourth-order valence-electron chi connectivity index (χ4n) is 31.0. The van der Waals surface area contributed by atoms with Gasteiger partial charge in [-0.2, -0.15) is 0 Å². The van der Waals surface area contributed by atoms with Crippen LogP contribution in [-0.4, -0.2) is 36.6 Å². The van der Waals surface area contributed by atoms with E-state index in [0.29, 0.717) is 21.7 Å². The molecule has 20 unspecified atom stereocenters. The van der Waals surface area contributed by atoms with E-state index in [1.165, 1.54) is 212 Å².